The number of fused-ring (bicyclic) bond motifs is 3. The molecule has 1 amide bonds. The Labute approximate surface area is 132 Å². The number of H-pyrrole nitrogens is 2. The summed E-state index contributed by atoms with van der Waals surface area (Å²) in [5, 5.41) is 11.5. The predicted octanol–water partition coefficient (Wildman–Crippen LogP) is 3.35. The van der Waals surface area contributed by atoms with Gasteiger partial charge in [-0.2, -0.15) is 5.10 Å². The highest BCUT2D eigenvalue weighted by Gasteiger charge is 2.26. The van der Waals surface area contributed by atoms with Gasteiger partial charge in [-0.1, -0.05) is 11.6 Å². The number of nitrogens with zero attached hydrogens (tertiary/aromatic N) is 1. The number of nitrogens with one attached hydrogen (secondary N) is 3. The van der Waals surface area contributed by atoms with Crippen LogP contribution in [-0.2, 0) is 6.42 Å². The van der Waals surface area contributed by atoms with Crippen molar-refractivity contribution in [2.24, 2.45) is 0 Å². The van der Waals surface area contributed by atoms with Gasteiger partial charge in [0.05, 0.1) is 6.04 Å². The number of benzene rings is 1. The minimum Gasteiger partial charge on any atom is -0.356 e. The fraction of sp³-hybridized carbons (Fsp3) is 0.250. The van der Waals surface area contributed by atoms with Gasteiger partial charge < -0.3 is 10.3 Å². The molecule has 0 saturated carbocycles. The maximum absolute atomic E-state index is 12.2. The number of rotatable bonds is 2. The van der Waals surface area contributed by atoms with Gasteiger partial charge >= 0.3 is 0 Å². The summed E-state index contributed by atoms with van der Waals surface area (Å²) in [7, 11) is 0. The summed E-state index contributed by atoms with van der Waals surface area (Å²) in [6, 6.07) is 7.52. The standard InChI is InChI=1S/C16H15ClN4O/c17-9-4-5-12-11(8-9)10-2-1-3-13(15(10)19-12)20-16(22)14-6-7-18-21-14/h4-8,13,19H,1-3H2,(H,18,21)(H,20,22). The first-order valence-electron chi connectivity index (χ1n) is 7.32. The second kappa shape index (κ2) is 5.18. The number of carbonyl (C=O) groups is 1. The van der Waals surface area contributed by atoms with Crippen LogP contribution in [0.3, 0.4) is 0 Å². The first kappa shape index (κ1) is 13.4. The van der Waals surface area contributed by atoms with Gasteiger partial charge in [0.25, 0.3) is 5.91 Å². The number of halogens is 1. The molecule has 4 rings (SSSR count). The molecule has 3 N–H and O–H groups in total. The average Bonchev–Trinajstić information content (AvgIpc) is 3.15. The van der Waals surface area contributed by atoms with Crippen LogP contribution in [0.1, 0.15) is 40.6 Å². The molecule has 0 fully saturated rings. The van der Waals surface area contributed by atoms with E-state index in [-0.39, 0.29) is 11.9 Å². The molecule has 0 radical (unpaired) electrons. The maximum Gasteiger partial charge on any atom is 0.269 e. The normalized spacial score (nSPS) is 17.4. The first-order chi connectivity index (χ1) is 10.7. The van der Waals surface area contributed by atoms with Crippen molar-refractivity contribution in [2.75, 3.05) is 0 Å². The number of hydrogen-bond acceptors (Lipinski definition) is 2. The van der Waals surface area contributed by atoms with E-state index in [9.17, 15) is 4.79 Å². The van der Waals surface area contributed by atoms with Crippen LogP contribution in [0.2, 0.25) is 5.02 Å². The fourth-order valence-electron chi connectivity index (χ4n) is 3.20. The highest BCUT2D eigenvalue weighted by molar-refractivity contribution is 6.31. The second-order valence-corrected chi connectivity index (χ2v) is 6.03. The summed E-state index contributed by atoms with van der Waals surface area (Å²) in [4.78, 5) is 15.7. The molecule has 6 heteroatoms. The van der Waals surface area contributed by atoms with Crippen molar-refractivity contribution < 1.29 is 4.79 Å². The molecule has 2 aromatic heterocycles. The molecule has 0 spiro atoms. The average molecular weight is 315 g/mol. The third-order valence-electron chi connectivity index (χ3n) is 4.22. The van der Waals surface area contributed by atoms with Gasteiger partial charge in [-0.15, -0.1) is 0 Å². The zero-order valence-corrected chi connectivity index (χ0v) is 12.6. The zero-order valence-electron chi connectivity index (χ0n) is 11.8. The van der Waals surface area contributed by atoms with Crippen LogP contribution in [0.25, 0.3) is 10.9 Å². The number of hydrogen-bond donors (Lipinski definition) is 3. The predicted molar refractivity (Wildman–Crippen MR) is 85.0 cm³/mol. The number of aromatic nitrogens is 3. The lowest BCUT2D eigenvalue weighted by Gasteiger charge is -2.23. The molecule has 0 aliphatic heterocycles. The Morgan fingerprint density at radius 2 is 2.27 bits per heavy atom. The number of aryl methyl sites for hydroxylation is 1. The van der Waals surface area contributed by atoms with Crippen LogP contribution in [0.4, 0.5) is 0 Å². The Kier molecular flexibility index (Phi) is 3.15. The van der Waals surface area contributed by atoms with Gasteiger partial charge in [0, 0.05) is 27.8 Å². The minimum absolute atomic E-state index is 0.00859. The summed E-state index contributed by atoms with van der Waals surface area (Å²) < 4.78 is 0. The lowest BCUT2D eigenvalue weighted by molar-refractivity contribution is 0.0927. The van der Waals surface area contributed by atoms with Crippen LogP contribution < -0.4 is 5.32 Å². The van der Waals surface area contributed by atoms with Crippen molar-refractivity contribution in [1.82, 2.24) is 20.5 Å². The number of aromatic amines is 2. The third kappa shape index (κ3) is 2.18. The van der Waals surface area contributed by atoms with Crippen molar-refractivity contribution in [2.45, 2.75) is 25.3 Å². The van der Waals surface area contributed by atoms with E-state index in [4.69, 9.17) is 11.6 Å². The highest BCUT2D eigenvalue weighted by Crippen LogP contribution is 2.35. The molecule has 2 heterocycles. The van der Waals surface area contributed by atoms with E-state index in [1.807, 2.05) is 18.2 Å². The molecule has 1 aromatic carbocycles. The summed E-state index contributed by atoms with van der Waals surface area (Å²) in [6.07, 6.45) is 4.55. The largest absolute Gasteiger partial charge is 0.356 e. The monoisotopic (exact) mass is 314 g/mol. The summed E-state index contributed by atoms with van der Waals surface area (Å²) >= 11 is 6.11. The molecule has 1 aliphatic rings. The Bertz CT molecular complexity index is 837. The Balaban J connectivity index is 1.70. The molecule has 1 aliphatic carbocycles. The SMILES string of the molecule is O=C(NC1CCCc2c1[nH]c1ccc(Cl)cc21)c1ccn[nH]1. The van der Waals surface area contributed by atoms with Crippen LogP contribution >= 0.6 is 11.6 Å². The van der Waals surface area contributed by atoms with Gasteiger partial charge in [0.2, 0.25) is 0 Å². The molecular weight excluding hydrogens is 300 g/mol. The van der Waals surface area contributed by atoms with Crippen molar-refractivity contribution >= 4 is 28.4 Å². The minimum atomic E-state index is -0.132. The topological polar surface area (TPSA) is 73.6 Å². The van der Waals surface area contributed by atoms with Crippen LogP contribution in [-0.4, -0.2) is 21.1 Å². The van der Waals surface area contributed by atoms with Gasteiger partial charge in [-0.25, -0.2) is 0 Å². The van der Waals surface area contributed by atoms with Gasteiger partial charge in [0.1, 0.15) is 5.69 Å². The summed E-state index contributed by atoms with van der Waals surface area (Å²) in [5.41, 5.74) is 3.90. The van der Waals surface area contributed by atoms with E-state index < -0.39 is 0 Å². The van der Waals surface area contributed by atoms with E-state index in [0.29, 0.717) is 5.69 Å². The molecule has 3 aromatic rings. The van der Waals surface area contributed by atoms with E-state index in [0.717, 1.165) is 40.9 Å². The third-order valence-corrected chi connectivity index (χ3v) is 4.46. The van der Waals surface area contributed by atoms with E-state index >= 15 is 0 Å². The number of carbonyl (C=O) groups excluding carboxylic acids is 1. The van der Waals surface area contributed by atoms with Crippen LogP contribution in [0.15, 0.2) is 30.5 Å². The molecular formula is C16H15ClN4O. The van der Waals surface area contributed by atoms with Gasteiger partial charge in [0.15, 0.2) is 0 Å². The molecule has 0 saturated heterocycles. The van der Waals surface area contributed by atoms with Crippen molar-refractivity contribution in [3.8, 4) is 0 Å². The smallest absolute Gasteiger partial charge is 0.269 e. The molecule has 1 atom stereocenters. The Hall–Kier alpha value is -2.27. The Morgan fingerprint density at radius 1 is 1.36 bits per heavy atom. The lowest BCUT2D eigenvalue weighted by Crippen LogP contribution is -2.31. The van der Waals surface area contributed by atoms with E-state index in [1.165, 1.54) is 5.56 Å². The summed E-state index contributed by atoms with van der Waals surface area (Å²) in [6.45, 7) is 0. The highest BCUT2D eigenvalue weighted by atomic mass is 35.5. The maximum atomic E-state index is 12.2. The molecule has 112 valence electrons. The van der Waals surface area contributed by atoms with Crippen LogP contribution in [0, 0.1) is 0 Å². The second-order valence-electron chi connectivity index (χ2n) is 5.60. The van der Waals surface area contributed by atoms with E-state index in [2.05, 4.69) is 20.5 Å². The van der Waals surface area contributed by atoms with Crippen molar-refractivity contribution in [3.63, 3.8) is 0 Å². The van der Waals surface area contributed by atoms with Gasteiger partial charge in [-0.05, 0) is 49.1 Å². The number of amides is 1. The fourth-order valence-corrected chi connectivity index (χ4v) is 3.37. The quantitative estimate of drug-likeness (QED) is 0.678. The molecule has 22 heavy (non-hydrogen) atoms. The van der Waals surface area contributed by atoms with Crippen molar-refractivity contribution in [3.05, 3.63) is 52.4 Å². The molecule has 0 bridgehead atoms. The first-order valence-corrected chi connectivity index (χ1v) is 7.70. The van der Waals surface area contributed by atoms with E-state index in [1.54, 1.807) is 12.3 Å². The van der Waals surface area contributed by atoms with Gasteiger partial charge in [-0.3, -0.25) is 9.89 Å². The summed E-state index contributed by atoms with van der Waals surface area (Å²) in [5.74, 6) is -0.132. The van der Waals surface area contributed by atoms with Crippen LogP contribution in [0.5, 0.6) is 0 Å². The van der Waals surface area contributed by atoms with Crippen molar-refractivity contribution in [1.29, 1.82) is 0 Å². The molecule has 1 unspecified atom stereocenters. The zero-order chi connectivity index (χ0) is 15.1. The Morgan fingerprint density at radius 3 is 3.09 bits per heavy atom. The molecule has 5 nitrogen and oxygen atoms in total. The lowest BCUT2D eigenvalue weighted by atomic mass is 9.91.